The number of carbonyl (C=O) groups is 1. The predicted molar refractivity (Wildman–Crippen MR) is 114 cm³/mol. The van der Waals surface area contributed by atoms with E-state index in [4.69, 9.17) is 4.74 Å². The summed E-state index contributed by atoms with van der Waals surface area (Å²) in [6, 6.07) is 9.63. The van der Waals surface area contributed by atoms with Crippen molar-refractivity contribution < 1.29 is 13.9 Å². The van der Waals surface area contributed by atoms with Crippen LogP contribution in [-0.4, -0.2) is 38.9 Å². The standard InChI is InChI=1S/C23H24FN5O2/c1-16-5-3-10-26-23(16)28-21-15-25-14-19(27-21)20-8-4-11-29(20)22(30)9-12-31-18-7-2-6-17(24)13-18/h2-3,5-7,10,13-15,20H,4,8-9,11-12H2,1H3,(H,26,27,28). The molecule has 0 saturated carbocycles. The highest BCUT2D eigenvalue weighted by Gasteiger charge is 2.31. The van der Waals surface area contributed by atoms with Crippen LogP contribution in [0.1, 0.15) is 36.6 Å². The Hall–Kier alpha value is -3.55. The van der Waals surface area contributed by atoms with Crippen molar-refractivity contribution in [2.24, 2.45) is 0 Å². The van der Waals surface area contributed by atoms with Crippen molar-refractivity contribution in [3.8, 4) is 5.75 Å². The van der Waals surface area contributed by atoms with Gasteiger partial charge in [-0.25, -0.2) is 14.4 Å². The zero-order chi connectivity index (χ0) is 21.6. The van der Waals surface area contributed by atoms with E-state index < -0.39 is 0 Å². The van der Waals surface area contributed by atoms with Crippen molar-refractivity contribution in [2.75, 3.05) is 18.5 Å². The summed E-state index contributed by atoms with van der Waals surface area (Å²) in [6.07, 6.45) is 7.01. The summed E-state index contributed by atoms with van der Waals surface area (Å²) < 4.78 is 18.8. The molecule has 3 aromatic rings. The van der Waals surface area contributed by atoms with E-state index in [-0.39, 0.29) is 30.8 Å². The number of benzene rings is 1. The van der Waals surface area contributed by atoms with Crippen molar-refractivity contribution in [1.29, 1.82) is 0 Å². The Kier molecular flexibility index (Phi) is 6.35. The molecule has 2 aromatic heterocycles. The molecule has 1 fully saturated rings. The van der Waals surface area contributed by atoms with Crippen LogP contribution in [0.4, 0.5) is 16.0 Å². The minimum absolute atomic E-state index is 0.0142. The lowest BCUT2D eigenvalue weighted by Crippen LogP contribution is -2.32. The molecule has 1 amide bonds. The summed E-state index contributed by atoms with van der Waals surface area (Å²) in [5.74, 6) is 1.35. The first-order valence-corrected chi connectivity index (χ1v) is 10.3. The smallest absolute Gasteiger partial charge is 0.226 e. The molecule has 31 heavy (non-hydrogen) atoms. The largest absolute Gasteiger partial charge is 0.493 e. The highest BCUT2D eigenvalue weighted by Crippen LogP contribution is 2.31. The molecule has 0 radical (unpaired) electrons. The minimum atomic E-state index is -0.364. The third kappa shape index (κ3) is 5.14. The summed E-state index contributed by atoms with van der Waals surface area (Å²) in [5.41, 5.74) is 1.75. The van der Waals surface area contributed by atoms with Crippen LogP contribution >= 0.6 is 0 Å². The fourth-order valence-electron chi connectivity index (χ4n) is 3.67. The average molecular weight is 421 g/mol. The number of nitrogens with zero attached hydrogens (tertiary/aromatic N) is 4. The number of hydrogen-bond acceptors (Lipinski definition) is 6. The van der Waals surface area contributed by atoms with Gasteiger partial charge in [0.25, 0.3) is 0 Å². The molecule has 1 N–H and O–H groups in total. The molecule has 0 bridgehead atoms. The maximum atomic E-state index is 13.3. The van der Waals surface area contributed by atoms with Gasteiger partial charge in [0.05, 0.1) is 37.2 Å². The van der Waals surface area contributed by atoms with Crippen molar-refractivity contribution in [3.63, 3.8) is 0 Å². The second-order valence-electron chi connectivity index (χ2n) is 7.42. The number of ether oxygens (including phenoxy) is 1. The van der Waals surface area contributed by atoms with Crippen molar-refractivity contribution >= 4 is 17.5 Å². The molecule has 1 aliphatic rings. The normalized spacial score (nSPS) is 15.7. The molecule has 160 valence electrons. The molecular weight excluding hydrogens is 397 g/mol. The summed E-state index contributed by atoms with van der Waals surface area (Å²) in [4.78, 5) is 27.9. The predicted octanol–water partition coefficient (Wildman–Crippen LogP) is 4.20. The lowest BCUT2D eigenvalue weighted by molar-refractivity contribution is -0.132. The van der Waals surface area contributed by atoms with E-state index in [1.54, 1.807) is 30.7 Å². The lowest BCUT2D eigenvalue weighted by Gasteiger charge is -2.24. The Bertz CT molecular complexity index is 1060. The van der Waals surface area contributed by atoms with E-state index in [2.05, 4.69) is 20.3 Å². The molecule has 7 nitrogen and oxygen atoms in total. The molecule has 1 atom stereocenters. The van der Waals surface area contributed by atoms with Crippen LogP contribution in [0.25, 0.3) is 0 Å². The number of carbonyl (C=O) groups excluding carboxylic acids is 1. The van der Waals surface area contributed by atoms with Gasteiger partial charge in [0.15, 0.2) is 0 Å². The molecule has 1 aliphatic heterocycles. The number of anilines is 2. The van der Waals surface area contributed by atoms with E-state index in [9.17, 15) is 9.18 Å². The summed E-state index contributed by atoms with van der Waals surface area (Å²) in [6.45, 7) is 2.83. The van der Waals surface area contributed by atoms with Gasteiger partial charge in [-0.3, -0.25) is 9.78 Å². The zero-order valence-electron chi connectivity index (χ0n) is 17.3. The third-order valence-electron chi connectivity index (χ3n) is 5.20. The minimum Gasteiger partial charge on any atom is -0.493 e. The Morgan fingerprint density at radius 3 is 3.03 bits per heavy atom. The van der Waals surface area contributed by atoms with E-state index in [1.165, 1.54) is 12.1 Å². The third-order valence-corrected chi connectivity index (χ3v) is 5.20. The van der Waals surface area contributed by atoms with Gasteiger partial charge in [0.1, 0.15) is 23.2 Å². The highest BCUT2D eigenvalue weighted by molar-refractivity contribution is 5.77. The summed E-state index contributed by atoms with van der Waals surface area (Å²) in [7, 11) is 0. The van der Waals surface area contributed by atoms with Gasteiger partial charge in [-0.1, -0.05) is 12.1 Å². The number of aromatic nitrogens is 3. The van der Waals surface area contributed by atoms with Crippen molar-refractivity contribution in [1.82, 2.24) is 19.9 Å². The molecule has 1 saturated heterocycles. The Balaban J connectivity index is 1.39. The Labute approximate surface area is 180 Å². The van der Waals surface area contributed by atoms with E-state index in [0.29, 0.717) is 18.1 Å². The molecule has 0 aliphatic carbocycles. The molecule has 0 spiro atoms. The van der Waals surface area contributed by atoms with E-state index >= 15 is 0 Å². The first-order valence-electron chi connectivity index (χ1n) is 10.3. The number of pyridine rings is 1. The second kappa shape index (κ2) is 9.51. The SMILES string of the molecule is Cc1cccnc1Nc1cncc(C2CCCN2C(=O)CCOc2cccc(F)c2)n1. The Morgan fingerprint density at radius 1 is 1.29 bits per heavy atom. The number of likely N-dealkylation sites (tertiary alicyclic amines) is 1. The second-order valence-corrected chi connectivity index (χ2v) is 7.42. The number of amides is 1. The number of halogens is 1. The van der Waals surface area contributed by atoms with Crippen LogP contribution < -0.4 is 10.1 Å². The van der Waals surface area contributed by atoms with Crippen LogP contribution in [-0.2, 0) is 4.79 Å². The number of aryl methyl sites for hydroxylation is 1. The quantitative estimate of drug-likeness (QED) is 0.616. The van der Waals surface area contributed by atoms with E-state index in [1.807, 2.05) is 24.0 Å². The summed E-state index contributed by atoms with van der Waals surface area (Å²) in [5, 5.41) is 3.20. The fourth-order valence-corrected chi connectivity index (χ4v) is 3.67. The number of hydrogen-bond donors (Lipinski definition) is 1. The van der Waals surface area contributed by atoms with Gasteiger partial charge in [0.2, 0.25) is 5.91 Å². The van der Waals surface area contributed by atoms with Crippen LogP contribution in [0.3, 0.4) is 0 Å². The molecule has 3 heterocycles. The maximum Gasteiger partial charge on any atom is 0.226 e. The van der Waals surface area contributed by atoms with Gasteiger partial charge in [0, 0.05) is 18.8 Å². The molecule has 4 rings (SSSR count). The van der Waals surface area contributed by atoms with Gasteiger partial charge >= 0.3 is 0 Å². The number of nitrogens with one attached hydrogen (secondary N) is 1. The van der Waals surface area contributed by atoms with E-state index in [0.717, 1.165) is 29.9 Å². The lowest BCUT2D eigenvalue weighted by atomic mass is 10.1. The number of rotatable bonds is 7. The Morgan fingerprint density at radius 2 is 2.19 bits per heavy atom. The van der Waals surface area contributed by atoms with Crippen LogP contribution in [0.15, 0.2) is 55.0 Å². The molecule has 1 unspecified atom stereocenters. The van der Waals surface area contributed by atoms with Gasteiger partial charge < -0.3 is 15.0 Å². The average Bonchev–Trinajstić information content (AvgIpc) is 3.26. The van der Waals surface area contributed by atoms with Crippen molar-refractivity contribution in [3.05, 3.63) is 72.1 Å². The highest BCUT2D eigenvalue weighted by atomic mass is 19.1. The molecule has 8 heteroatoms. The monoisotopic (exact) mass is 421 g/mol. The first kappa shape index (κ1) is 20.7. The maximum absolute atomic E-state index is 13.3. The van der Waals surface area contributed by atoms with Gasteiger partial charge in [-0.2, -0.15) is 0 Å². The van der Waals surface area contributed by atoms with Gasteiger partial charge in [-0.15, -0.1) is 0 Å². The zero-order valence-corrected chi connectivity index (χ0v) is 17.3. The first-order chi connectivity index (χ1) is 15.1. The fraction of sp³-hybridized carbons (Fsp3) is 0.304. The van der Waals surface area contributed by atoms with Gasteiger partial charge in [-0.05, 0) is 43.5 Å². The van der Waals surface area contributed by atoms with Crippen LogP contribution in [0.5, 0.6) is 5.75 Å². The summed E-state index contributed by atoms with van der Waals surface area (Å²) >= 11 is 0. The van der Waals surface area contributed by atoms with Crippen LogP contribution in [0, 0.1) is 12.7 Å². The van der Waals surface area contributed by atoms with Crippen LogP contribution in [0.2, 0.25) is 0 Å². The molecule has 1 aromatic carbocycles. The topological polar surface area (TPSA) is 80.2 Å². The molecular formula is C23H24FN5O2. The van der Waals surface area contributed by atoms with Crippen molar-refractivity contribution in [2.45, 2.75) is 32.2 Å².